The molecule has 0 radical (unpaired) electrons. The molecule has 3 nitrogen and oxygen atoms in total. The molecular weight excluding hydrogens is 324 g/mol. The first-order valence-corrected chi connectivity index (χ1v) is 9.90. The van der Waals surface area contributed by atoms with Gasteiger partial charge in [-0.15, -0.1) is 0 Å². The molecule has 0 saturated carbocycles. The lowest BCUT2D eigenvalue weighted by molar-refractivity contribution is 0.198. The summed E-state index contributed by atoms with van der Waals surface area (Å²) in [6.45, 7) is 10.8. The average molecular weight is 359 g/mol. The van der Waals surface area contributed by atoms with Gasteiger partial charge in [0.25, 0.3) is 0 Å². The van der Waals surface area contributed by atoms with Crippen LogP contribution >= 0.6 is 0 Å². The van der Waals surface area contributed by atoms with Gasteiger partial charge in [-0.05, 0) is 63.1 Å². The third-order valence-electron chi connectivity index (χ3n) is 5.31. The fraction of sp³-hybridized carbons (Fsp3) is 0.565. The van der Waals surface area contributed by atoms with Crippen molar-refractivity contribution in [2.75, 3.05) is 13.2 Å². The molecule has 0 spiro atoms. The SMILES string of the molecule is C=C(C)[C@@H]1CCC(C)=CC1c1c(O)cc(CCCCC)cc1OCCO. The van der Waals surface area contributed by atoms with Crippen molar-refractivity contribution in [1.82, 2.24) is 0 Å². The summed E-state index contributed by atoms with van der Waals surface area (Å²) < 4.78 is 5.86. The van der Waals surface area contributed by atoms with Crippen LogP contribution in [0.3, 0.4) is 0 Å². The molecule has 1 unspecified atom stereocenters. The van der Waals surface area contributed by atoms with E-state index < -0.39 is 0 Å². The van der Waals surface area contributed by atoms with E-state index in [0.29, 0.717) is 17.4 Å². The molecule has 2 rings (SSSR count). The van der Waals surface area contributed by atoms with Crippen LogP contribution in [0.5, 0.6) is 11.5 Å². The van der Waals surface area contributed by atoms with Crippen molar-refractivity contribution in [2.24, 2.45) is 5.92 Å². The molecule has 3 heteroatoms. The molecule has 1 aromatic rings. The highest BCUT2D eigenvalue weighted by molar-refractivity contribution is 5.52. The highest BCUT2D eigenvalue weighted by atomic mass is 16.5. The Hall–Kier alpha value is -1.74. The quantitative estimate of drug-likeness (QED) is 0.452. The summed E-state index contributed by atoms with van der Waals surface area (Å²) >= 11 is 0. The number of benzene rings is 1. The van der Waals surface area contributed by atoms with Crippen molar-refractivity contribution in [3.8, 4) is 11.5 Å². The van der Waals surface area contributed by atoms with Crippen LogP contribution in [-0.2, 0) is 6.42 Å². The Labute approximate surface area is 158 Å². The van der Waals surface area contributed by atoms with Crippen LogP contribution in [0.25, 0.3) is 0 Å². The van der Waals surface area contributed by atoms with Crippen LogP contribution in [0.1, 0.15) is 69.9 Å². The standard InChI is InChI=1S/C23H34O3/c1-5-6-7-8-18-14-21(25)23(22(15-18)26-12-11-24)20-13-17(4)9-10-19(20)16(2)3/h13-15,19-20,24-25H,2,5-12H2,1,3-4H3/t19-,20?/m0/s1. The highest BCUT2D eigenvalue weighted by Crippen LogP contribution is 2.46. The summed E-state index contributed by atoms with van der Waals surface area (Å²) in [6.07, 6.45) is 8.74. The van der Waals surface area contributed by atoms with E-state index in [0.717, 1.165) is 42.4 Å². The molecule has 0 aromatic heterocycles. The zero-order valence-corrected chi connectivity index (χ0v) is 16.6. The molecule has 2 N–H and O–H groups in total. The second-order valence-electron chi connectivity index (χ2n) is 7.59. The van der Waals surface area contributed by atoms with Gasteiger partial charge in [-0.3, -0.25) is 0 Å². The Morgan fingerprint density at radius 1 is 1.31 bits per heavy atom. The normalized spacial score (nSPS) is 19.9. The largest absolute Gasteiger partial charge is 0.507 e. The number of aromatic hydroxyl groups is 1. The number of ether oxygens (including phenoxy) is 1. The molecule has 0 fully saturated rings. The summed E-state index contributed by atoms with van der Waals surface area (Å²) in [4.78, 5) is 0. The topological polar surface area (TPSA) is 49.7 Å². The Morgan fingerprint density at radius 3 is 2.73 bits per heavy atom. The van der Waals surface area contributed by atoms with Crippen LogP contribution in [0.4, 0.5) is 0 Å². The fourth-order valence-corrected chi connectivity index (χ4v) is 3.91. The van der Waals surface area contributed by atoms with Crippen molar-refractivity contribution in [2.45, 2.75) is 65.2 Å². The molecule has 0 aliphatic heterocycles. The number of unbranched alkanes of at least 4 members (excludes halogenated alkanes) is 2. The van der Waals surface area contributed by atoms with Gasteiger partial charge in [-0.1, -0.05) is 43.6 Å². The van der Waals surface area contributed by atoms with E-state index in [1.54, 1.807) is 0 Å². The number of aliphatic hydroxyl groups is 1. The van der Waals surface area contributed by atoms with Crippen molar-refractivity contribution < 1.29 is 14.9 Å². The lowest BCUT2D eigenvalue weighted by Gasteiger charge is -2.32. The van der Waals surface area contributed by atoms with Gasteiger partial charge in [0.2, 0.25) is 0 Å². The summed E-state index contributed by atoms with van der Waals surface area (Å²) in [6, 6.07) is 3.94. The first-order valence-electron chi connectivity index (χ1n) is 9.90. The lowest BCUT2D eigenvalue weighted by atomic mass is 9.73. The van der Waals surface area contributed by atoms with Gasteiger partial charge in [0.05, 0.1) is 6.61 Å². The first kappa shape index (κ1) is 20.6. The van der Waals surface area contributed by atoms with Gasteiger partial charge in [-0.25, -0.2) is 0 Å². The zero-order chi connectivity index (χ0) is 19.1. The van der Waals surface area contributed by atoms with E-state index in [1.165, 1.54) is 18.4 Å². The number of hydrogen-bond donors (Lipinski definition) is 2. The van der Waals surface area contributed by atoms with Gasteiger partial charge in [0, 0.05) is 11.5 Å². The summed E-state index contributed by atoms with van der Waals surface area (Å²) in [5.41, 5.74) is 4.41. The number of rotatable bonds is 9. The molecule has 0 saturated heterocycles. The van der Waals surface area contributed by atoms with E-state index in [9.17, 15) is 10.2 Å². The van der Waals surface area contributed by atoms with E-state index >= 15 is 0 Å². The van der Waals surface area contributed by atoms with Crippen molar-refractivity contribution >= 4 is 0 Å². The molecule has 2 atom stereocenters. The lowest BCUT2D eigenvalue weighted by Crippen LogP contribution is -2.18. The van der Waals surface area contributed by atoms with Crippen molar-refractivity contribution in [1.29, 1.82) is 0 Å². The number of allylic oxidation sites excluding steroid dienone is 3. The molecule has 26 heavy (non-hydrogen) atoms. The molecule has 0 amide bonds. The number of hydrogen-bond acceptors (Lipinski definition) is 3. The number of phenolic OH excluding ortho intramolecular Hbond substituents is 1. The van der Waals surface area contributed by atoms with Crippen molar-refractivity contribution in [3.63, 3.8) is 0 Å². The molecule has 1 aliphatic carbocycles. The van der Waals surface area contributed by atoms with Crippen LogP contribution in [0.2, 0.25) is 0 Å². The molecule has 0 heterocycles. The maximum absolute atomic E-state index is 10.9. The smallest absolute Gasteiger partial charge is 0.127 e. The predicted molar refractivity (Wildman–Crippen MR) is 108 cm³/mol. The van der Waals surface area contributed by atoms with Gasteiger partial charge < -0.3 is 14.9 Å². The minimum absolute atomic E-state index is 0.0380. The average Bonchev–Trinajstić information content (AvgIpc) is 2.59. The molecular formula is C23H34O3. The van der Waals surface area contributed by atoms with Crippen LogP contribution in [0.15, 0.2) is 35.9 Å². The maximum atomic E-state index is 10.9. The Balaban J connectivity index is 2.43. The van der Waals surface area contributed by atoms with Crippen LogP contribution in [-0.4, -0.2) is 23.4 Å². The molecule has 0 bridgehead atoms. The zero-order valence-electron chi connectivity index (χ0n) is 16.6. The Morgan fingerprint density at radius 2 is 2.08 bits per heavy atom. The molecule has 1 aliphatic rings. The monoisotopic (exact) mass is 358 g/mol. The van der Waals surface area contributed by atoms with E-state index in [2.05, 4.69) is 33.4 Å². The summed E-state index contributed by atoms with van der Waals surface area (Å²) in [7, 11) is 0. The minimum atomic E-state index is -0.0380. The van der Waals surface area contributed by atoms with E-state index in [1.807, 2.05) is 12.1 Å². The first-order chi connectivity index (χ1) is 12.5. The van der Waals surface area contributed by atoms with E-state index in [-0.39, 0.29) is 19.1 Å². The molecule has 1 aromatic carbocycles. The number of phenols is 1. The highest BCUT2D eigenvalue weighted by Gasteiger charge is 2.30. The summed E-state index contributed by atoms with van der Waals surface area (Å²) in [5, 5.41) is 20.1. The Bertz CT molecular complexity index is 645. The number of aryl methyl sites for hydroxylation is 1. The second-order valence-corrected chi connectivity index (χ2v) is 7.59. The fourth-order valence-electron chi connectivity index (χ4n) is 3.91. The minimum Gasteiger partial charge on any atom is -0.507 e. The summed E-state index contributed by atoms with van der Waals surface area (Å²) in [5.74, 6) is 1.37. The second kappa shape index (κ2) is 9.82. The van der Waals surface area contributed by atoms with Gasteiger partial charge in [-0.2, -0.15) is 0 Å². The van der Waals surface area contributed by atoms with Gasteiger partial charge >= 0.3 is 0 Å². The van der Waals surface area contributed by atoms with Crippen molar-refractivity contribution in [3.05, 3.63) is 47.1 Å². The maximum Gasteiger partial charge on any atom is 0.127 e. The third-order valence-corrected chi connectivity index (χ3v) is 5.31. The van der Waals surface area contributed by atoms with Crippen LogP contribution < -0.4 is 4.74 Å². The van der Waals surface area contributed by atoms with Gasteiger partial charge in [0.1, 0.15) is 18.1 Å². The molecule has 144 valence electrons. The Kier molecular flexibility index (Phi) is 7.77. The number of aliphatic hydroxyl groups excluding tert-OH is 1. The third kappa shape index (κ3) is 5.14. The van der Waals surface area contributed by atoms with Gasteiger partial charge in [0.15, 0.2) is 0 Å². The predicted octanol–water partition coefficient (Wildman–Crippen LogP) is 5.51. The van der Waals surface area contributed by atoms with Crippen LogP contribution in [0, 0.1) is 5.92 Å². The van der Waals surface area contributed by atoms with E-state index in [4.69, 9.17) is 4.74 Å².